The van der Waals surface area contributed by atoms with E-state index in [-0.39, 0.29) is 17.8 Å². The molecule has 1 amide bonds. The van der Waals surface area contributed by atoms with Crippen molar-refractivity contribution in [1.82, 2.24) is 29.9 Å². The molecule has 0 aliphatic heterocycles. The number of hydrogen-bond acceptors (Lipinski definition) is 6. The number of aromatic nitrogens is 6. The number of carbonyl (C=O) groups excluding carboxylic acids is 1. The highest BCUT2D eigenvalue weighted by molar-refractivity contribution is 6.12. The first-order valence-corrected chi connectivity index (χ1v) is 10.6. The summed E-state index contributed by atoms with van der Waals surface area (Å²) in [5.74, 6) is 1.67. The van der Waals surface area contributed by atoms with E-state index < -0.39 is 0 Å². The van der Waals surface area contributed by atoms with Crippen molar-refractivity contribution in [3.63, 3.8) is 0 Å². The van der Waals surface area contributed by atoms with Crippen molar-refractivity contribution in [2.45, 2.75) is 39.5 Å². The van der Waals surface area contributed by atoms with Crippen LogP contribution in [0.25, 0.3) is 11.0 Å². The zero-order valence-corrected chi connectivity index (χ0v) is 18.9. The van der Waals surface area contributed by atoms with E-state index in [0.717, 1.165) is 28.9 Å². The lowest BCUT2D eigenvalue weighted by molar-refractivity contribution is 0.102. The number of methoxy groups -OCH3 is 1. The molecule has 0 aliphatic rings. The molecular weight excluding hydrogens is 406 g/mol. The van der Waals surface area contributed by atoms with E-state index in [9.17, 15) is 4.79 Å². The maximum absolute atomic E-state index is 13.1. The number of pyridine rings is 1. The molecule has 0 bridgehead atoms. The summed E-state index contributed by atoms with van der Waals surface area (Å²) >= 11 is 0. The van der Waals surface area contributed by atoms with Crippen LogP contribution in [-0.2, 0) is 19.9 Å². The molecule has 0 unspecified atom stereocenters. The first-order valence-electron chi connectivity index (χ1n) is 10.6. The quantitative estimate of drug-likeness (QED) is 0.461. The van der Waals surface area contributed by atoms with Gasteiger partial charge in [-0.2, -0.15) is 10.1 Å². The van der Waals surface area contributed by atoms with Gasteiger partial charge in [-0.3, -0.25) is 19.9 Å². The Bertz CT molecular complexity index is 1260. The van der Waals surface area contributed by atoms with Crippen LogP contribution in [0, 0.1) is 6.92 Å². The molecule has 0 saturated heterocycles. The highest BCUT2D eigenvalue weighted by atomic mass is 16.5. The molecule has 0 fully saturated rings. The normalized spacial score (nSPS) is 11.3. The first-order chi connectivity index (χ1) is 15.4. The van der Waals surface area contributed by atoms with E-state index in [1.54, 1.807) is 11.8 Å². The minimum Gasteiger partial charge on any atom is -0.497 e. The van der Waals surface area contributed by atoms with Crippen molar-refractivity contribution < 1.29 is 9.53 Å². The number of nitrogens with zero attached hydrogens (tertiary/aromatic N) is 5. The number of anilines is 1. The van der Waals surface area contributed by atoms with Gasteiger partial charge in [0, 0.05) is 19.2 Å². The van der Waals surface area contributed by atoms with Gasteiger partial charge in [-0.05, 0) is 43.0 Å². The standard InChI is InChI=1S/C23H27N7O2/c1-13(2)18-12-17(20-14(3)29-30(4)21(20)24-18)22(31)26-23-25-19(27-28-23)11-8-15-6-9-16(32-5)10-7-15/h6-7,9-10,12-13H,8,11H2,1-5H3,(H2,25,26,27,28,31). The van der Waals surface area contributed by atoms with Crippen molar-refractivity contribution in [2.24, 2.45) is 7.05 Å². The Balaban J connectivity index is 1.51. The van der Waals surface area contributed by atoms with Crippen molar-refractivity contribution in [1.29, 1.82) is 0 Å². The zero-order valence-electron chi connectivity index (χ0n) is 18.9. The Morgan fingerprint density at radius 1 is 1.19 bits per heavy atom. The Morgan fingerprint density at radius 3 is 2.62 bits per heavy atom. The second-order valence-electron chi connectivity index (χ2n) is 8.06. The van der Waals surface area contributed by atoms with Crippen LogP contribution in [-0.4, -0.2) is 43.0 Å². The third kappa shape index (κ3) is 4.32. The van der Waals surface area contributed by atoms with Crippen molar-refractivity contribution in [3.8, 4) is 5.75 Å². The lowest BCUT2D eigenvalue weighted by atomic mass is 10.0. The first kappa shape index (κ1) is 21.5. The molecule has 166 valence electrons. The van der Waals surface area contributed by atoms with Crippen molar-refractivity contribution >= 4 is 22.9 Å². The SMILES string of the molecule is COc1ccc(CCc2nc(NC(=O)c3cc(C(C)C)nc4c3c(C)nn4C)n[nH]2)cc1. The number of hydrogen-bond donors (Lipinski definition) is 2. The fourth-order valence-electron chi connectivity index (χ4n) is 3.63. The van der Waals surface area contributed by atoms with Gasteiger partial charge in [-0.25, -0.2) is 4.98 Å². The summed E-state index contributed by atoms with van der Waals surface area (Å²) < 4.78 is 6.89. The topological polar surface area (TPSA) is 111 Å². The minimum absolute atomic E-state index is 0.175. The Kier molecular flexibility index (Phi) is 5.89. The Labute approximate surface area is 186 Å². The summed E-state index contributed by atoms with van der Waals surface area (Å²) in [6.45, 7) is 5.97. The van der Waals surface area contributed by atoms with E-state index in [1.807, 2.05) is 58.2 Å². The maximum Gasteiger partial charge on any atom is 0.258 e. The molecule has 4 rings (SSSR count). The van der Waals surface area contributed by atoms with Gasteiger partial charge in [0.15, 0.2) is 5.65 Å². The molecule has 32 heavy (non-hydrogen) atoms. The average molecular weight is 434 g/mol. The fourth-order valence-corrected chi connectivity index (χ4v) is 3.63. The lowest BCUT2D eigenvalue weighted by Crippen LogP contribution is -2.15. The Hall–Kier alpha value is -3.75. The van der Waals surface area contributed by atoms with Crippen LogP contribution >= 0.6 is 0 Å². The number of nitrogens with one attached hydrogen (secondary N) is 2. The molecular formula is C23H27N7O2. The monoisotopic (exact) mass is 433 g/mol. The largest absolute Gasteiger partial charge is 0.497 e. The molecule has 9 nitrogen and oxygen atoms in total. The summed E-state index contributed by atoms with van der Waals surface area (Å²) in [5, 5.41) is 15.1. The molecule has 1 aromatic carbocycles. The summed E-state index contributed by atoms with van der Waals surface area (Å²) in [4.78, 5) is 22.3. The second kappa shape index (κ2) is 8.78. The van der Waals surface area contributed by atoms with Gasteiger partial charge in [0.2, 0.25) is 5.95 Å². The molecule has 2 N–H and O–H groups in total. The van der Waals surface area contributed by atoms with Crippen LogP contribution in [0.15, 0.2) is 30.3 Å². The number of H-pyrrole nitrogens is 1. The van der Waals surface area contributed by atoms with Gasteiger partial charge in [-0.15, -0.1) is 5.10 Å². The molecule has 4 aromatic rings. The van der Waals surface area contributed by atoms with Crippen LogP contribution in [0.5, 0.6) is 5.75 Å². The van der Waals surface area contributed by atoms with Gasteiger partial charge in [0.1, 0.15) is 11.6 Å². The Morgan fingerprint density at radius 2 is 1.94 bits per heavy atom. The van der Waals surface area contributed by atoms with Gasteiger partial charge in [0.05, 0.1) is 23.8 Å². The highest BCUT2D eigenvalue weighted by Gasteiger charge is 2.20. The lowest BCUT2D eigenvalue weighted by Gasteiger charge is -2.09. The number of ether oxygens (including phenoxy) is 1. The number of benzene rings is 1. The van der Waals surface area contributed by atoms with Gasteiger partial charge in [0.25, 0.3) is 5.91 Å². The predicted octanol–water partition coefficient (Wildman–Crippen LogP) is 3.56. The van der Waals surface area contributed by atoms with E-state index in [2.05, 4.69) is 30.6 Å². The molecule has 3 aromatic heterocycles. The van der Waals surface area contributed by atoms with Crippen LogP contribution in [0.3, 0.4) is 0 Å². The zero-order chi connectivity index (χ0) is 22.8. The highest BCUT2D eigenvalue weighted by Crippen LogP contribution is 2.25. The molecule has 0 saturated carbocycles. The van der Waals surface area contributed by atoms with E-state index >= 15 is 0 Å². The van der Waals surface area contributed by atoms with Crippen LogP contribution in [0.2, 0.25) is 0 Å². The number of carbonyl (C=O) groups is 1. The van der Waals surface area contributed by atoms with Crippen LogP contribution < -0.4 is 10.1 Å². The number of aryl methyl sites for hydroxylation is 4. The average Bonchev–Trinajstić information content (AvgIpc) is 3.35. The van der Waals surface area contributed by atoms with Gasteiger partial charge in [-0.1, -0.05) is 26.0 Å². The molecule has 9 heteroatoms. The smallest absolute Gasteiger partial charge is 0.258 e. The van der Waals surface area contributed by atoms with Crippen molar-refractivity contribution in [3.05, 3.63) is 58.7 Å². The molecule has 3 heterocycles. The molecule has 0 aliphatic carbocycles. The summed E-state index contributed by atoms with van der Waals surface area (Å²) in [6, 6.07) is 9.74. The summed E-state index contributed by atoms with van der Waals surface area (Å²) in [5.41, 5.74) is 3.97. The van der Waals surface area contributed by atoms with Crippen LogP contribution in [0.4, 0.5) is 5.95 Å². The van der Waals surface area contributed by atoms with Crippen molar-refractivity contribution in [2.75, 3.05) is 12.4 Å². The van der Waals surface area contributed by atoms with Gasteiger partial charge < -0.3 is 4.74 Å². The van der Waals surface area contributed by atoms with E-state index in [0.29, 0.717) is 23.5 Å². The van der Waals surface area contributed by atoms with Crippen LogP contribution in [0.1, 0.15) is 52.9 Å². The maximum atomic E-state index is 13.1. The second-order valence-corrected chi connectivity index (χ2v) is 8.06. The van der Waals surface area contributed by atoms with Gasteiger partial charge >= 0.3 is 0 Å². The minimum atomic E-state index is -0.281. The molecule has 0 spiro atoms. The fraction of sp³-hybridized carbons (Fsp3) is 0.348. The third-order valence-corrected chi connectivity index (χ3v) is 5.39. The number of aromatic amines is 1. The predicted molar refractivity (Wildman–Crippen MR) is 122 cm³/mol. The third-order valence-electron chi connectivity index (χ3n) is 5.39. The van der Waals surface area contributed by atoms with E-state index in [1.165, 1.54) is 5.56 Å². The molecule has 0 radical (unpaired) electrons. The molecule has 0 atom stereocenters. The number of rotatable bonds is 7. The number of amides is 1. The summed E-state index contributed by atoms with van der Waals surface area (Å²) in [6.07, 6.45) is 1.47. The number of fused-ring (bicyclic) bond motifs is 1. The summed E-state index contributed by atoms with van der Waals surface area (Å²) in [7, 11) is 3.48. The van der Waals surface area contributed by atoms with E-state index in [4.69, 9.17) is 4.74 Å².